The Labute approximate surface area is 119 Å². The molecule has 0 aromatic heterocycles. The Morgan fingerprint density at radius 2 is 1.85 bits per heavy atom. The van der Waals surface area contributed by atoms with Gasteiger partial charge in [-0.3, -0.25) is 9.59 Å². The molecule has 0 saturated carbocycles. The smallest absolute Gasteiger partial charge is 0.323 e. The third kappa shape index (κ3) is 4.88. The van der Waals surface area contributed by atoms with Crippen molar-refractivity contribution in [1.82, 2.24) is 4.90 Å². The third-order valence-corrected chi connectivity index (χ3v) is 3.04. The summed E-state index contributed by atoms with van der Waals surface area (Å²) in [5, 5.41) is 8.71. The van der Waals surface area contributed by atoms with E-state index in [1.807, 2.05) is 24.3 Å². The molecule has 1 amide bonds. The zero-order valence-electron chi connectivity index (χ0n) is 12.2. The summed E-state index contributed by atoms with van der Waals surface area (Å²) in [6, 6.07) is 7.96. The van der Waals surface area contributed by atoms with E-state index in [-0.39, 0.29) is 12.5 Å². The van der Waals surface area contributed by atoms with Crippen LogP contribution in [-0.2, 0) is 9.59 Å². The standard InChI is InChI=1S/C16H21NO3/c1-4-17(11-16(19)20)15(18)10-7-13-5-8-14(9-6-13)12(2)3/h5-10,12H,4,11H2,1-3H3,(H,19,20)/b10-7+. The first kappa shape index (κ1) is 16.0. The van der Waals surface area contributed by atoms with Crippen LogP contribution in [0.5, 0.6) is 0 Å². The predicted molar refractivity (Wildman–Crippen MR) is 79.5 cm³/mol. The number of carboxylic acid groups (broad SMARTS) is 1. The zero-order chi connectivity index (χ0) is 15.1. The Morgan fingerprint density at radius 1 is 1.25 bits per heavy atom. The van der Waals surface area contributed by atoms with Crippen LogP contribution in [-0.4, -0.2) is 35.0 Å². The first-order chi connectivity index (χ1) is 9.43. The van der Waals surface area contributed by atoms with Crippen LogP contribution in [0.15, 0.2) is 30.3 Å². The Kier molecular flexibility index (Phi) is 5.97. The van der Waals surface area contributed by atoms with Crippen LogP contribution < -0.4 is 0 Å². The van der Waals surface area contributed by atoms with E-state index in [0.29, 0.717) is 12.5 Å². The molecule has 0 spiro atoms. The second-order valence-electron chi connectivity index (χ2n) is 4.90. The molecule has 0 aliphatic rings. The molecule has 0 aliphatic heterocycles. The lowest BCUT2D eigenvalue weighted by molar-refractivity contribution is -0.142. The van der Waals surface area contributed by atoms with Gasteiger partial charge in [-0.2, -0.15) is 0 Å². The summed E-state index contributed by atoms with van der Waals surface area (Å²) < 4.78 is 0. The number of carboxylic acids is 1. The Morgan fingerprint density at radius 3 is 2.30 bits per heavy atom. The number of hydrogen-bond donors (Lipinski definition) is 1. The van der Waals surface area contributed by atoms with Crippen LogP contribution in [0.3, 0.4) is 0 Å². The first-order valence-electron chi connectivity index (χ1n) is 6.72. The molecular formula is C16H21NO3. The fourth-order valence-electron chi connectivity index (χ4n) is 1.77. The van der Waals surface area contributed by atoms with Gasteiger partial charge in [-0.15, -0.1) is 0 Å². The van der Waals surface area contributed by atoms with E-state index < -0.39 is 5.97 Å². The van der Waals surface area contributed by atoms with E-state index in [1.165, 1.54) is 16.5 Å². The van der Waals surface area contributed by atoms with Gasteiger partial charge in [0.15, 0.2) is 0 Å². The molecule has 0 unspecified atom stereocenters. The lowest BCUT2D eigenvalue weighted by Crippen LogP contribution is -2.34. The summed E-state index contributed by atoms with van der Waals surface area (Å²) in [5.74, 6) is -0.821. The van der Waals surface area contributed by atoms with Gasteiger partial charge in [0.25, 0.3) is 0 Å². The number of nitrogens with zero attached hydrogens (tertiary/aromatic N) is 1. The van der Waals surface area contributed by atoms with Crippen LogP contribution in [0, 0.1) is 0 Å². The first-order valence-corrected chi connectivity index (χ1v) is 6.72. The maximum atomic E-state index is 11.8. The number of likely N-dealkylation sites (N-methyl/N-ethyl adjacent to an activating group) is 1. The number of carbonyl (C=O) groups is 2. The molecule has 1 rings (SSSR count). The van der Waals surface area contributed by atoms with Gasteiger partial charge in [-0.05, 0) is 30.0 Å². The van der Waals surface area contributed by atoms with Crippen molar-refractivity contribution >= 4 is 18.0 Å². The van der Waals surface area contributed by atoms with Crippen LogP contribution in [0.4, 0.5) is 0 Å². The normalized spacial score (nSPS) is 11.0. The molecule has 0 bridgehead atoms. The molecule has 1 aromatic rings. The van der Waals surface area contributed by atoms with E-state index in [0.717, 1.165) is 5.56 Å². The van der Waals surface area contributed by atoms with Crippen molar-refractivity contribution in [3.8, 4) is 0 Å². The van der Waals surface area contributed by atoms with Crippen LogP contribution in [0.25, 0.3) is 6.08 Å². The van der Waals surface area contributed by atoms with Crippen molar-refractivity contribution in [2.24, 2.45) is 0 Å². The van der Waals surface area contributed by atoms with E-state index in [4.69, 9.17) is 5.11 Å². The minimum Gasteiger partial charge on any atom is -0.480 e. The second-order valence-corrected chi connectivity index (χ2v) is 4.90. The molecule has 0 heterocycles. The number of aliphatic carboxylic acids is 1. The van der Waals surface area contributed by atoms with Gasteiger partial charge < -0.3 is 10.0 Å². The SMILES string of the molecule is CCN(CC(=O)O)C(=O)/C=C/c1ccc(C(C)C)cc1. The van der Waals surface area contributed by atoms with Crippen molar-refractivity contribution in [2.45, 2.75) is 26.7 Å². The van der Waals surface area contributed by atoms with Gasteiger partial charge in [-0.1, -0.05) is 38.1 Å². The Balaban J connectivity index is 2.70. The Bertz CT molecular complexity index is 489. The molecule has 0 atom stereocenters. The quantitative estimate of drug-likeness (QED) is 0.812. The average molecular weight is 275 g/mol. The number of hydrogen-bond acceptors (Lipinski definition) is 2. The van der Waals surface area contributed by atoms with Gasteiger partial charge in [0.05, 0.1) is 0 Å². The minimum atomic E-state index is -1.00. The van der Waals surface area contributed by atoms with Gasteiger partial charge in [0, 0.05) is 12.6 Å². The number of benzene rings is 1. The van der Waals surface area contributed by atoms with E-state index in [2.05, 4.69) is 13.8 Å². The second kappa shape index (κ2) is 7.48. The lowest BCUT2D eigenvalue weighted by Gasteiger charge is -2.15. The number of rotatable bonds is 6. The highest BCUT2D eigenvalue weighted by molar-refractivity contribution is 5.93. The summed E-state index contributed by atoms with van der Waals surface area (Å²) >= 11 is 0. The molecule has 4 nitrogen and oxygen atoms in total. The molecular weight excluding hydrogens is 254 g/mol. The largest absolute Gasteiger partial charge is 0.480 e. The zero-order valence-corrected chi connectivity index (χ0v) is 12.2. The maximum Gasteiger partial charge on any atom is 0.323 e. The molecule has 0 fully saturated rings. The fraction of sp³-hybridized carbons (Fsp3) is 0.375. The monoisotopic (exact) mass is 275 g/mol. The van der Waals surface area contributed by atoms with E-state index in [1.54, 1.807) is 13.0 Å². The van der Waals surface area contributed by atoms with Gasteiger partial charge in [-0.25, -0.2) is 0 Å². The molecule has 0 radical (unpaired) electrons. The molecule has 108 valence electrons. The molecule has 1 aromatic carbocycles. The summed E-state index contributed by atoms with van der Waals surface area (Å²) in [4.78, 5) is 23.7. The van der Waals surface area contributed by atoms with Crippen molar-refractivity contribution in [2.75, 3.05) is 13.1 Å². The van der Waals surface area contributed by atoms with Crippen LogP contribution >= 0.6 is 0 Å². The topological polar surface area (TPSA) is 57.6 Å². The molecule has 0 aliphatic carbocycles. The number of carbonyl (C=O) groups excluding carboxylic acids is 1. The highest BCUT2D eigenvalue weighted by Crippen LogP contribution is 2.15. The molecule has 0 saturated heterocycles. The van der Waals surface area contributed by atoms with Crippen molar-refractivity contribution < 1.29 is 14.7 Å². The van der Waals surface area contributed by atoms with E-state index >= 15 is 0 Å². The number of amides is 1. The van der Waals surface area contributed by atoms with Gasteiger partial charge in [0.2, 0.25) is 5.91 Å². The fourth-order valence-corrected chi connectivity index (χ4v) is 1.77. The Hall–Kier alpha value is -2.10. The predicted octanol–water partition coefficient (Wildman–Crippen LogP) is 2.76. The van der Waals surface area contributed by atoms with Gasteiger partial charge >= 0.3 is 5.97 Å². The van der Waals surface area contributed by atoms with E-state index in [9.17, 15) is 9.59 Å². The molecule has 20 heavy (non-hydrogen) atoms. The highest BCUT2D eigenvalue weighted by atomic mass is 16.4. The lowest BCUT2D eigenvalue weighted by atomic mass is 10.0. The summed E-state index contributed by atoms with van der Waals surface area (Å²) in [6.45, 7) is 6.11. The highest BCUT2D eigenvalue weighted by Gasteiger charge is 2.11. The summed E-state index contributed by atoms with van der Waals surface area (Å²) in [6.07, 6.45) is 3.12. The summed E-state index contributed by atoms with van der Waals surface area (Å²) in [7, 11) is 0. The molecule has 4 heteroatoms. The van der Waals surface area contributed by atoms with Crippen molar-refractivity contribution in [3.05, 3.63) is 41.5 Å². The maximum absolute atomic E-state index is 11.8. The molecule has 1 N–H and O–H groups in total. The van der Waals surface area contributed by atoms with Crippen molar-refractivity contribution in [1.29, 1.82) is 0 Å². The average Bonchev–Trinajstić information content (AvgIpc) is 2.42. The van der Waals surface area contributed by atoms with Crippen LogP contribution in [0.1, 0.15) is 37.8 Å². The minimum absolute atomic E-state index is 0.272. The third-order valence-electron chi connectivity index (χ3n) is 3.04. The van der Waals surface area contributed by atoms with Gasteiger partial charge in [0.1, 0.15) is 6.54 Å². The summed E-state index contributed by atoms with van der Waals surface area (Å²) in [5.41, 5.74) is 2.17. The van der Waals surface area contributed by atoms with Crippen molar-refractivity contribution in [3.63, 3.8) is 0 Å². The van der Waals surface area contributed by atoms with Crippen LogP contribution in [0.2, 0.25) is 0 Å².